The van der Waals surface area contributed by atoms with Crippen molar-refractivity contribution in [2.24, 2.45) is 0 Å². The summed E-state index contributed by atoms with van der Waals surface area (Å²) < 4.78 is 0. The van der Waals surface area contributed by atoms with Crippen LogP contribution in [0.2, 0.25) is 0 Å². The Labute approximate surface area is 112 Å². The van der Waals surface area contributed by atoms with Crippen molar-refractivity contribution in [3.05, 3.63) is 56.7 Å². The van der Waals surface area contributed by atoms with Gasteiger partial charge < -0.3 is 10.4 Å². The molecule has 1 aromatic carbocycles. The Morgan fingerprint density at radius 1 is 1.30 bits per heavy atom. The van der Waals surface area contributed by atoms with E-state index >= 15 is 0 Å². The molecule has 0 aliphatic rings. The molecule has 104 valence electrons. The van der Waals surface area contributed by atoms with Gasteiger partial charge in [-0.2, -0.15) is 0 Å². The van der Waals surface area contributed by atoms with E-state index in [1.54, 1.807) is 30.3 Å². The topological polar surface area (TPSA) is 128 Å². The second-order valence-corrected chi connectivity index (χ2v) is 4.28. The van der Waals surface area contributed by atoms with Crippen LogP contribution in [0.5, 0.6) is 0 Å². The predicted molar refractivity (Wildman–Crippen MR) is 70.5 cm³/mol. The van der Waals surface area contributed by atoms with Gasteiger partial charge in [0.25, 0.3) is 5.56 Å². The minimum absolute atomic E-state index is 0.279. The third-order valence-corrected chi connectivity index (χ3v) is 2.86. The third kappa shape index (κ3) is 2.44. The van der Waals surface area contributed by atoms with Gasteiger partial charge in [-0.15, -0.1) is 5.10 Å². The van der Waals surface area contributed by atoms with Gasteiger partial charge in [-0.1, -0.05) is 30.3 Å². The summed E-state index contributed by atoms with van der Waals surface area (Å²) in [4.78, 5) is 36.0. The molecule has 0 saturated carbocycles. The van der Waals surface area contributed by atoms with E-state index in [4.69, 9.17) is 0 Å². The van der Waals surface area contributed by atoms with Gasteiger partial charge in [0.05, 0.1) is 0 Å². The highest BCUT2D eigenvalue weighted by Crippen LogP contribution is 2.24. The molecular weight excluding hydrogens is 264 g/mol. The van der Waals surface area contributed by atoms with E-state index in [1.807, 2.05) is 10.1 Å². The molecule has 2 rings (SSSR count). The summed E-state index contributed by atoms with van der Waals surface area (Å²) in [6.45, 7) is 1.40. The standard InChI is InChI=1S/C12H12N4O4/c1-12(10(18)19,7-5-3-2-4-6-7)14-8-9(17)13-11(20)16-15-8/h2-6H,1H3,(H,14,15)(H,18,19)(H2,13,16,17,20). The smallest absolute Gasteiger partial charge is 0.342 e. The number of aromatic nitrogens is 3. The molecular formula is C12H12N4O4. The van der Waals surface area contributed by atoms with Crippen molar-refractivity contribution in [2.75, 3.05) is 5.32 Å². The molecule has 0 bridgehead atoms. The second kappa shape index (κ2) is 5.00. The largest absolute Gasteiger partial charge is 0.479 e. The Morgan fingerprint density at radius 3 is 2.50 bits per heavy atom. The lowest BCUT2D eigenvalue weighted by atomic mass is 9.92. The molecule has 0 saturated heterocycles. The quantitative estimate of drug-likeness (QED) is 0.616. The predicted octanol–water partition coefficient (Wildman–Crippen LogP) is -0.130. The van der Waals surface area contributed by atoms with Crippen LogP contribution in [0.3, 0.4) is 0 Å². The van der Waals surface area contributed by atoms with E-state index in [2.05, 4.69) is 10.4 Å². The monoisotopic (exact) mass is 276 g/mol. The molecule has 4 N–H and O–H groups in total. The number of aromatic amines is 2. The maximum Gasteiger partial charge on any atom is 0.342 e. The first-order chi connectivity index (χ1) is 9.43. The number of carbonyl (C=O) groups is 1. The summed E-state index contributed by atoms with van der Waals surface area (Å²) in [6.07, 6.45) is 0. The van der Waals surface area contributed by atoms with Crippen molar-refractivity contribution in [3.8, 4) is 0 Å². The molecule has 0 amide bonds. The van der Waals surface area contributed by atoms with Gasteiger partial charge in [0, 0.05) is 0 Å². The molecule has 20 heavy (non-hydrogen) atoms. The van der Waals surface area contributed by atoms with Crippen LogP contribution in [0, 0.1) is 0 Å². The lowest BCUT2D eigenvalue weighted by Gasteiger charge is -2.26. The molecule has 0 aliphatic carbocycles. The average molecular weight is 276 g/mol. The summed E-state index contributed by atoms with van der Waals surface area (Å²) in [5.41, 5.74) is -2.67. The molecule has 1 atom stereocenters. The molecule has 8 heteroatoms. The normalized spacial score (nSPS) is 13.4. The van der Waals surface area contributed by atoms with Crippen LogP contribution in [-0.2, 0) is 10.3 Å². The van der Waals surface area contributed by atoms with Gasteiger partial charge in [-0.05, 0) is 12.5 Å². The van der Waals surface area contributed by atoms with Crippen LogP contribution in [0.4, 0.5) is 5.82 Å². The summed E-state index contributed by atoms with van der Waals surface area (Å²) in [5.74, 6) is -1.46. The zero-order valence-electron chi connectivity index (χ0n) is 10.5. The number of aliphatic carboxylic acids is 1. The highest BCUT2D eigenvalue weighted by atomic mass is 16.4. The van der Waals surface area contributed by atoms with Gasteiger partial charge in [-0.25, -0.2) is 14.7 Å². The number of benzene rings is 1. The molecule has 8 nitrogen and oxygen atoms in total. The zero-order valence-corrected chi connectivity index (χ0v) is 10.5. The Kier molecular flexibility index (Phi) is 3.38. The lowest BCUT2D eigenvalue weighted by Crippen LogP contribution is -2.43. The fourth-order valence-corrected chi connectivity index (χ4v) is 1.69. The summed E-state index contributed by atoms with van der Waals surface area (Å²) in [6, 6.07) is 8.34. The van der Waals surface area contributed by atoms with E-state index < -0.39 is 22.8 Å². The molecule has 1 aromatic heterocycles. The van der Waals surface area contributed by atoms with Gasteiger partial charge >= 0.3 is 11.7 Å². The first-order valence-corrected chi connectivity index (χ1v) is 5.69. The second-order valence-electron chi connectivity index (χ2n) is 4.28. The van der Waals surface area contributed by atoms with Crippen molar-refractivity contribution in [1.82, 2.24) is 15.2 Å². The average Bonchev–Trinajstić information content (AvgIpc) is 2.42. The number of carboxylic acids is 1. The first kappa shape index (κ1) is 13.5. The highest BCUT2D eigenvalue weighted by molar-refractivity contribution is 5.83. The number of hydrogen-bond donors (Lipinski definition) is 4. The Morgan fingerprint density at radius 2 is 1.95 bits per heavy atom. The number of hydrogen-bond acceptors (Lipinski definition) is 5. The van der Waals surface area contributed by atoms with Crippen molar-refractivity contribution in [2.45, 2.75) is 12.5 Å². The minimum Gasteiger partial charge on any atom is -0.479 e. The van der Waals surface area contributed by atoms with E-state index in [-0.39, 0.29) is 5.82 Å². The highest BCUT2D eigenvalue weighted by Gasteiger charge is 2.36. The molecule has 0 fully saturated rings. The fraction of sp³-hybridized carbons (Fsp3) is 0.167. The van der Waals surface area contributed by atoms with Gasteiger partial charge in [-0.3, -0.25) is 9.78 Å². The first-order valence-electron chi connectivity index (χ1n) is 5.69. The molecule has 0 aliphatic heterocycles. The number of rotatable bonds is 4. The Balaban J connectivity index is 2.48. The summed E-state index contributed by atoms with van der Waals surface area (Å²) in [5, 5.41) is 17.5. The van der Waals surface area contributed by atoms with Crippen molar-refractivity contribution < 1.29 is 9.90 Å². The maximum absolute atomic E-state index is 11.6. The van der Waals surface area contributed by atoms with Gasteiger partial charge in [0.2, 0.25) is 5.82 Å². The van der Waals surface area contributed by atoms with Crippen LogP contribution in [0.25, 0.3) is 0 Å². The molecule has 0 spiro atoms. The van der Waals surface area contributed by atoms with E-state index in [0.717, 1.165) is 0 Å². The van der Waals surface area contributed by atoms with Crippen LogP contribution in [0.1, 0.15) is 12.5 Å². The van der Waals surface area contributed by atoms with E-state index in [9.17, 15) is 19.5 Å². The third-order valence-electron chi connectivity index (χ3n) is 2.86. The van der Waals surface area contributed by atoms with Crippen LogP contribution >= 0.6 is 0 Å². The van der Waals surface area contributed by atoms with Crippen LogP contribution in [-0.4, -0.2) is 26.3 Å². The van der Waals surface area contributed by atoms with Gasteiger partial charge in [0.15, 0.2) is 5.54 Å². The van der Waals surface area contributed by atoms with E-state index in [1.165, 1.54) is 6.92 Å². The summed E-state index contributed by atoms with van der Waals surface area (Å²) in [7, 11) is 0. The van der Waals surface area contributed by atoms with Crippen LogP contribution in [0.15, 0.2) is 39.9 Å². The maximum atomic E-state index is 11.6. The Hall–Kier alpha value is -2.90. The molecule has 1 unspecified atom stereocenters. The molecule has 1 heterocycles. The van der Waals surface area contributed by atoms with Gasteiger partial charge in [0.1, 0.15) is 0 Å². The zero-order chi connectivity index (χ0) is 14.8. The SMILES string of the molecule is CC(Nc1n[nH]c(=O)[nH]c1=O)(C(=O)O)c1ccccc1. The van der Waals surface area contributed by atoms with E-state index in [0.29, 0.717) is 5.56 Å². The molecule has 2 aromatic rings. The summed E-state index contributed by atoms with van der Waals surface area (Å²) >= 11 is 0. The number of nitrogens with one attached hydrogen (secondary N) is 3. The molecule has 0 radical (unpaired) electrons. The fourth-order valence-electron chi connectivity index (χ4n) is 1.69. The number of carboxylic acid groups (broad SMARTS) is 1. The lowest BCUT2D eigenvalue weighted by molar-refractivity contribution is -0.142. The number of anilines is 1. The number of nitrogens with zero attached hydrogens (tertiary/aromatic N) is 1. The van der Waals surface area contributed by atoms with Crippen molar-refractivity contribution in [1.29, 1.82) is 0 Å². The minimum atomic E-state index is -1.56. The van der Waals surface area contributed by atoms with Crippen molar-refractivity contribution >= 4 is 11.8 Å². The number of H-pyrrole nitrogens is 2. The van der Waals surface area contributed by atoms with Crippen LogP contribution < -0.4 is 16.6 Å². The van der Waals surface area contributed by atoms with Crippen molar-refractivity contribution in [3.63, 3.8) is 0 Å². The Bertz CT molecular complexity index is 737.